The summed E-state index contributed by atoms with van der Waals surface area (Å²) < 4.78 is 6.81. The molecule has 0 unspecified atom stereocenters. The van der Waals surface area contributed by atoms with Crippen molar-refractivity contribution in [2.75, 3.05) is 11.9 Å². The van der Waals surface area contributed by atoms with E-state index >= 15 is 0 Å². The van der Waals surface area contributed by atoms with E-state index in [0.29, 0.717) is 15.7 Å². The largest absolute Gasteiger partial charge is 0.462 e. The Hall–Kier alpha value is -4.04. The molecule has 166 valence electrons. The lowest BCUT2D eigenvalue weighted by atomic mass is 10.1. The van der Waals surface area contributed by atoms with Crippen LogP contribution in [0.2, 0.25) is 0 Å². The number of ether oxygens (including phenoxy) is 1. The van der Waals surface area contributed by atoms with Crippen LogP contribution in [0.4, 0.5) is 5.13 Å². The maximum Gasteiger partial charge on any atom is 0.350 e. The highest BCUT2D eigenvalue weighted by atomic mass is 32.1. The molecule has 0 saturated carbocycles. The Labute approximate surface area is 195 Å². The van der Waals surface area contributed by atoms with Crippen LogP contribution in [-0.2, 0) is 9.53 Å². The van der Waals surface area contributed by atoms with Gasteiger partial charge >= 0.3 is 5.97 Å². The summed E-state index contributed by atoms with van der Waals surface area (Å²) >= 11 is 1.09. The molecule has 1 N–H and O–H groups in total. The van der Waals surface area contributed by atoms with Crippen molar-refractivity contribution in [3.05, 3.63) is 89.1 Å². The van der Waals surface area contributed by atoms with Crippen LogP contribution in [0.3, 0.4) is 0 Å². The van der Waals surface area contributed by atoms with E-state index in [0.717, 1.165) is 33.8 Å². The second-order valence-corrected chi connectivity index (χ2v) is 8.05. The minimum atomic E-state index is -0.440. The van der Waals surface area contributed by atoms with Gasteiger partial charge in [-0.15, -0.1) is 0 Å². The molecule has 0 fully saturated rings. The molecule has 8 heteroatoms. The molecular weight excluding hydrogens is 436 g/mol. The van der Waals surface area contributed by atoms with Crippen molar-refractivity contribution in [3.63, 3.8) is 0 Å². The summed E-state index contributed by atoms with van der Waals surface area (Å²) in [4.78, 5) is 29.2. The highest BCUT2D eigenvalue weighted by Gasteiger charge is 2.17. The second-order valence-electron chi connectivity index (χ2n) is 7.06. The van der Waals surface area contributed by atoms with E-state index in [4.69, 9.17) is 9.84 Å². The number of hydrogen-bond donors (Lipinski definition) is 1. The van der Waals surface area contributed by atoms with Crippen LogP contribution < -0.4 is 5.32 Å². The number of carbonyl (C=O) groups is 2. The van der Waals surface area contributed by atoms with Gasteiger partial charge in [-0.2, -0.15) is 5.10 Å². The van der Waals surface area contributed by atoms with E-state index in [-0.39, 0.29) is 12.5 Å². The van der Waals surface area contributed by atoms with E-state index in [1.54, 1.807) is 24.6 Å². The number of hydrogen-bond acceptors (Lipinski definition) is 6. The highest BCUT2D eigenvalue weighted by molar-refractivity contribution is 7.17. The number of rotatable bonds is 7. The van der Waals surface area contributed by atoms with Crippen LogP contribution in [0, 0.1) is 6.92 Å². The lowest BCUT2D eigenvalue weighted by Crippen LogP contribution is -2.07. The fraction of sp³-hybridized carbons (Fsp3) is 0.120. The van der Waals surface area contributed by atoms with E-state index in [1.807, 2.05) is 66.9 Å². The van der Waals surface area contributed by atoms with E-state index in [9.17, 15) is 9.59 Å². The van der Waals surface area contributed by atoms with Crippen LogP contribution in [0.5, 0.6) is 0 Å². The van der Waals surface area contributed by atoms with E-state index < -0.39 is 5.97 Å². The monoisotopic (exact) mass is 458 g/mol. The summed E-state index contributed by atoms with van der Waals surface area (Å²) in [7, 11) is 0. The lowest BCUT2D eigenvalue weighted by molar-refractivity contribution is -0.111. The molecule has 4 rings (SSSR count). The Morgan fingerprint density at radius 1 is 1.09 bits per heavy atom. The zero-order chi connectivity index (χ0) is 23.2. The average molecular weight is 459 g/mol. The molecule has 7 nitrogen and oxygen atoms in total. The van der Waals surface area contributed by atoms with Gasteiger partial charge in [-0.05, 0) is 32.1 Å². The van der Waals surface area contributed by atoms with Crippen molar-refractivity contribution in [2.45, 2.75) is 13.8 Å². The summed E-state index contributed by atoms with van der Waals surface area (Å²) in [5.41, 5.74) is 3.94. The average Bonchev–Trinajstić information content (AvgIpc) is 3.42. The molecule has 4 aromatic rings. The molecule has 0 aliphatic carbocycles. The van der Waals surface area contributed by atoms with Gasteiger partial charge in [0.15, 0.2) is 5.13 Å². The first-order valence-electron chi connectivity index (χ1n) is 10.4. The fourth-order valence-corrected chi connectivity index (χ4v) is 4.05. The molecule has 0 spiro atoms. The third-order valence-corrected chi connectivity index (χ3v) is 5.77. The molecule has 2 heterocycles. The topological polar surface area (TPSA) is 86.1 Å². The van der Waals surface area contributed by atoms with Gasteiger partial charge in [-0.3, -0.25) is 10.1 Å². The van der Waals surface area contributed by atoms with Gasteiger partial charge in [0.25, 0.3) is 0 Å². The van der Waals surface area contributed by atoms with Crippen molar-refractivity contribution in [3.8, 4) is 16.9 Å². The number of thiazole rings is 1. The number of aromatic nitrogens is 3. The standard InChI is InChI=1S/C25H22N4O3S/c1-3-32-24(31)23-17(2)26-25(33-23)27-21(30)15-14-19-16-29(20-12-8-5-9-13-20)28-22(19)18-10-6-4-7-11-18/h4-16H,3H2,1-2H3,(H,26,27,30)/b15-14+. The van der Waals surface area contributed by atoms with Gasteiger partial charge in [-0.25, -0.2) is 14.5 Å². The number of benzene rings is 2. The molecule has 0 radical (unpaired) electrons. The minimum absolute atomic E-state index is 0.279. The summed E-state index contributed by atoms with van der Waals surface area (Å²) in [6, 6.07) is 19.6. The minimum Gasteiger partial charge on any atom is -0.462 e. The van der Waals surface area contributed by atoms with Gasteiger partial charge in [-0.1, -0.05) is 59.9 Å². The number of nitrogens with zero attached hydrogens (tertiary/aromatic N) is 3. The lowest BCUT2D eigenvalue weighted by Gasteiger charge is -2.00. The number of anilines is 1. The van der Waals surface area contributed by atoms with Crippen molar-refractivity contribution in [2.24, 2.45) is 0 Å². The Bertz CT molecular complexity index is 1290. The Kier molecular flexibility index (Phi) is 6.75. The first-order valence-corrected chi connectivity index (χ1v) is 11.2. The van der Waals surface area contributed by atoms with Crippen molar-refractivity contribution in [1.29, 1.82) is 0 Å². The zero-order valence-corrected chi connectivity index (χ0v) is 19.0. The van der Waals surface area contributed by atoms with Crippen LogP contribution in [0.1, 0.15) is 27.9 Å². The fourth-order valence-electron chi connectivity index (χ4n) is 3.19. The Morgan fingerprint density at radius 2 is 1.79 bits per heavy atom. The van der Waals surface area contributed by atoms with Crippen molar-refractivity contribution in [1.82, 2.24) is 14.8 Å². The molecule has 33 heavy (non-hydrogen) atoms. The second kappa shape index (κ2) is 10.1. The van der Waals surface area contributed by atoms with Gasteiger partial charge in [0.1, 0.15) is 4.88 Å². The third-order valence-electron chi connectivity index (χ3n) is 4.71. The van der Waals surface area contributed by atoms with Gasteiger partial charge in [0, 0.05) is 23.4 Å². The highest BCUT2D eigenvalue weighted by Crippen LogP contribution is 2.26. The summed E-state index contributed by atoms with van der Waals surface area (Å²) in [5, 5.41) is 7.79. The molecule has 0 saturated heterocycles. The summed E-state index contributed by atoms with van der Waals surface area (Å²) in [6.07, 6.45) is 5.03. The smallest absolute Gasteiger partial charge is 0.350 e. The van der Waals surface area contributed by atoms with Crippen LogP contribution >= 0.6 is 11.3 Å². The molecule has 0 aliphatic rings. The summed E-state index contributed by atoms with van der Waals surface area (Å²) in [5.74, 6) is -0.796. The first-order chi connectivity index (χ1) is 16.0. The number of nitrogens with one attached hydrogen (secondary N) is 1. The van der Waals surface area contributed by atoms with Crippen LogP contribution in [-0.4, -0.2) is 33.2 Å². The third kappa shape index (κ3) is 5.24. The molecule has 2 aromatic carbocycles. The molecule has 0 bridgehead atoms. The predicted molar refractivity (Wildman–Crippen MR) is 129 cm³/mol. The normalized spacial score (nSPS) is 11.0. The molecule has 0 atom stereocenters. The molecule has 2 aromatic heterocycles. The van der Waals surface area contributed by atoms with Gasteiger partial charge in [0.05, 0.1) is 23.7 Å². The number of esters is 1. The van der Waals surface area contributed by atoms with Crippen LogP contribution in [0.25, 0.3) is 23.0 Å². The number of aryl methyl sites for hydroxylation is 1. The number of para-hydroxylation sites is 1. The van der Waals surface area contributed by atoms with E-state index in [1.165, 1.54) is 6.08 Å². The van der Waals surface area contributed by atoms with Gasteiger partial charge in [0.2, 0.25) is 5.91 Å². The molecular formula is C25H22N4O3S. The number of amides is 1. The van der Waals surface area contributed by atoms with E-state index in [2.05, 4.69) is 10.3 Å². The van der Waals surface area contributed by atoms with Gasteiger partial charge < -0.3 is 4.74 Å². The zero-order valence-electron chi connectivity index (χ0n) is 18.2. The summed E-state index contributed by atoms with van der Waals surface area (Å²) in [6.45, 7) is 3.73. The quantitative estimate of drug-likeness (QED) is 0.306. The first kappa shape index (κ1) is 22.2. The Morgan fingerprint density at radius 3 is 2.48 bits per heavy atom. The predicted octanol–water partition coefficient (Wildman–Crippen LogP) is 5.13. The number of carbonyl (C=O) groups excluding carboxylic acids is 2. The maximum absolute atomic E-state index is 12.6. The van der Waals surface area contributed by atoms with Crippen molar-refractivity contribution >= 4 is 34.4 Å². The Balaban J connectivity index is 1.57. The van der Waals surface area contributed by atoms with Crippen molar-refractivity contribution < 1.29 is 14.3 Å². The SMILES string of the molecule is CCOC(=O)c1sc(NC(=O)/C=C/c2cn(-c3ccccc3)nc2-c2ccccc2)nc1C. The molecule has 0 aliphatic heterocycles. The van der Waals surface area contributed by atoms with Crippen LogP contribution in [0.15, 0.2) is 72.9 Å². The molecule has 1 amide bonds. The maximum atomic E-state index is 12.6.